The van der Waals surface area contributed by atoms with Crippen LogP contribution in [-0.4, -0.2) is 48.7 Å². The molecule has 1 aliphatic carbocycles. The summed E-state index contributed by atoms with van der Waals surface area (Å²) in [6, 6.07) is 7.36. The fraction of sp³-hybridized carbons (Fsp3) is 0.593. The zero-order valence-corrected chi connectivity index (χ0v) is 22.7. The third-order valence-electron chi connectivity index (χ3n) is 5.91. The van der Waals surface area contributed by atoms with Crippen LogP contribution < -0.4 is 4.74 Å². The number of nitroso groups, excluding NO2 is 1. The largest absolute Gasteiger partial charge is 0.493 e. The predicted molar refractivity (Wildman–Crippen MR) is 146 cm³/mol. The number of allylic oxidation sites excluding steroid dienone is 2. The number of halogens is 1. The van der Waals surface area contributed by atoms with Gasteiger partial charge >= 0.3 is 0 Å². The van der Waals surface area contributed by atoms with Crippen LogP contribution in [0.25, 0.3) is 0 Å². The highest BCUT2D eigenvalue weighted by Crippen LogP contribution is 2.27. The molecule has 2 atom stereocenters. The van der Waals surface area contributed by atoms with Crippen LogP contribution in [0.3, 0.4) is 0 Å². The van der Waals surface area contributed by atoms with E-state index in [0.29, 0.717) is 36.9 Å². The molecule has 0 radical (unpaired) electrons. The van der Waals surface area contributed by atoms with Crippen LogP contribution in [0.15, 0.2) is 53.7 Å². The minimum Gasteiger partial charge on any atom is -0.493 e. The van der Waals surface area contributed by atoms with Gasteiger partial charge in [-0.25, -0.2) is 0 Å². The molecule has 0 aliphatic heterocycles. The molecule has 10 heteroatoms. The molecule has 1 fully saturated rings. The standard InChI is InChI=1S/C16H20ClNO2.C11H20N2O4/c17-14-8-5-9-15(12-14)20-11-4-3-7-13-6-1-2-10-16(13)18-19;1-3-4-5-6-8-11(14)12(2)9-7-10-17-13(15)16/h3,5,7-9,12-13,16H,1-2,4,6,10-11H2;3-4H,5-10H2,1-2H3/b7-3+;. The SMILES string of the molecule is CC=CCCCC(=O)N(C)CCCO[N+](=O)[O-].O=NC1CCCCC1/C=C/CCOc1cccc(Cl)c1. The van der Waals surface area contributed by atoms with Crippen molar-refractivity contribution in [1.29, 1.82) is 0 Å². The molecule has 1 aliphatic rings. The summed E-state index contributed by atoms with van der Waals surface area (Å²) in [5.74, 6) is 1.17. The van der Waals surface area contributed by atoms with Crippen molar-refractivity contribution in [3.8, 4) is 5.75 Å². The summed E-state index contributed by atoms with van der Waals surface area (Å²) < 4.78 is 5.61. The second kappa shape index (κ2) is 20.2. The van der Waals surface area contributed by atoms with Gasteiger partial charge in [0.15, 0.2) is 0 Å². The fourth-order valence-electron chi connectivity index (χ4n) is 3.86. The van der Waals surface area contributed by atoms with Gasteiger partial charge in [-0.1, -0.05) is 60.0 Å². The van der Waals surface area contributed by atoms with E-state index in [9.17, 15) is 19.8 Å². The Bertz CT molecular complexity index is 864. The van der Waals surface area contributed by atoms with Crippen molar-refractivity contribution in [2.45, 2.75) is 70.8 Å². The molecule has 9 nitrogen and oxygen atoms in total. The van der Waals surface area contributed by atoms with E-state index >= 15 is 0 Å². The molecule has 0 spiro atoms. The fourth-order valence-corrected chi connectivity index (χ4v) is 4.04. The Kier molecular flexibility index (Phi) is 17.5. The monoisotopic (exact) mass is 537 g/mol. The smallest absolute Gasteiger partial charge is 0.294 e. The van der Waals surface area contributed by atoms with E-state index in [-0.39, 0.29) is 18.6 Å². The quantitative estimate of drug-likeness (QED) is 0.0801. The van der Waals surface area contributed by atoms with Crippen LogP contribution in [0.1, 0.15) is 64.7 Å². The number of amides is 1. The van der Waals surface area contributed by atoms with E-state index < -0.39 is 5.09 Å². The third kappa shape index (κ3) is 15.7. The molecule has 1 aromatic carbocycles. The van der Waals surface area contributed by atoms with Crippen molar-refractivity contribution in [1.82, 2.24) is 4.90 Å². The number of nitrogens with zero attached hydrogens (tertiary/aromatic N) is 3. The molecule has 2 unspecified atom stereocenters. The van der Waals surface area contributed by atoms with Crippen molar-refractivity contribution in [3.63, 3.8) is 0 Å². The zero-order valence-electron chi connectivity index (χ0n) is 21.9. The van der Waals surface area contributed by atoms with Gasteiger partial charge in [0.2, 0.25) is 5.91 Å². The molecule has 1 amide bonds. The summed E-state index contributed by atoms with van der Waals surface area (Å²) in [4.78, 5) is 37.9. The highest BCUT2D eigenvalue weighted by molar-refractivity contribution is 6.30. The average molecular weight is 538 g/mol. The van der Waals surface area contributed by atoms with Crippen LogP contribution >= 0.6 is 11.6 Å². The Morgan fingerprint density at radius 3 is 2.70 bits per heavy atom. The molecule has 0 aromatic heterocycles. The number of hydrogen-bond donors (Lipinski definition) is 0. The lowest BCUT2D eigenvalue weighted by Crippen LogP contribution is -2.28. The second-order valence-electron chi connectivity index (χ2n) is 8.83. The highest BCUT2D eigenvalue weighted by Gasteiger charge is 2.23. The Labute approximate surface area is 224 Å². The van der Waals surface area contributed by atoms with Gasteiger partial charge in [-0.15, -0.1) is 10.1 Å². The molecule has 2 rings (SSSR count). The van der Waals surface area contributed by atoms with Crippen molar-refractivity contribution >= 4 is 17.5 Å². The molecule has 206 valence electrons. The van der Waals surface area contributed by atoms with E-state index in [1.165, 1.54) is 6.42 Å². The van der Waals surface area contributed by atoms with Gasteiger partial charge in [0.1, 0.15) is 5.75 Å². The molecule has 0 N–H and O–H groups in total. The Morgan fingerprint density at radius 2 is 2.00 bits per heavy atom. The lowest BCUT2D eigenvalue weighted by molar-refractivity contribution is -0.757. The number of carbonyl (C=O) groups excluding carboxylic acids is 1. The van der Waals surface area contributed by atoms with Crippen molar-refractivity contribution < 1.29 is 19.5 Å². The number of ether oxygens (including phenoxy) is 1. The Balaban J connectivity index is 0.000000377. The van der Waals surface area contributed by atoms with Gasteiger partial charge in [0.25, 0.3) is 5.09 Å². The second-order valence-corrected chi connectivity index (χ2v) is 9.27. The van der Waals surface area contributed by atoms with Gasteiger partial charge in [-0.3, -0.25) is 4.79 Å². The first-order valence-electron chi connectivity index (χ1n) is 12.9. The third-order valence-corrected chi connectivity index (χ3v) is 6.14. The summed E-state index contributed by atoms with van der Waals surface area (Å²) in [6.45, 7) is 3.07. The lowest BCUT2D eigenvalue weighted by atomic mass is 9.85. The zero-order chi connectivity index (χ0) is 27.3. The van der Waals surface area contributed by atoms with Gasteiger partial charge in [0.05, 0.1) is 19.3 Å². The van der Waals surface area contributed by atoms with E-state index in [1.807, 2.05) is 37.3 Å². The molecule has 1 aromatic rings. The number of carbonyl (C=O) groups is 1. The maximum atomic E-state index is 11.6. The number of hydrogen-bond acceptors (Lipinski definition) is 7. The molecular formula is C27H40ClN3O6. The number of unbranched alkanes of at least 4 members (excludes halogenated alkanes) is 1. The maximum absolute atomic E-state index is 11.6. The first-order chi connectivity index (χ1) is 17.9. The summed E-state index contributed by atoms with van der Waals surface area (Å²) in [5, 5.41) is 13.0. The van der Waals surface area contributed by atoms with Crippen LogP contribution in [0.2, 0.25) is 5.02 Å². The van der Waals surface area contributed by atoms with Crippen LogP contribution in [0.5, 0.6) is 5.75 Å². The van der Waals surface area contributed by atoms with Gasteiger partial charge in [-0.2, -0.15) is 4.91 Å². The van der Waals surface area contributed by atoms with Gasteiger partial charge in [-0.05, 0) is 63.6 Å². The molecule has 0 bridgehead atoms. The van der Waals surface area contributed by atoms with Crippen molar-refractivity contribution in [3.05, 3.63) is 68.6 Å². The van der Waals surface area contributed by atoms with Crippen molar-refractivity contribution in [2.75, 3.05) is 26.8 Å². The van der Waals surface area contributed by atoms with E-state index in [2.05, 4.69) is 22.2 Å². The Morgan fingerprint density at radius 1 is 1.22 bits per heavy atom. The lowest BCUT2D eigenvalue weighted by Gasteiger charge is -2.23. The van der Waals surface area contributed by atoms with Crippen LogP contribution in [0.4, 0.5) is 0 Å². The van der Waals surface area contributed by atoms with Crippen molar-refractivity contribution in [2.24, 2.45) is 11.1 Å². The summed E-state index contributed by atoms with van der Waals surface area (Å²) in [7, 11) is 1.70. The van der Waals surface area contributed by atoms with E-state index in [0.717, 1.165) is 44.3 Å². The van der Waals surface area contributed by atoms with Crippen LogP contribution in [-0.2, 0) is 9.63 Å². The highest BCUT2D eigenvalue weighted by atomic mass is 35.5. The first-order valence-corrected chi connectivity index (χ1v) is 13.2. The summed E-state index contributed by atoms with van der Waals surface area (Å²) in [6.07, 6.45) is 16.1. The number of benzene rings is 1. The molecule has 0 heterocycles. The molecule has 1 saturated carbocycles. The summed E-state index contributed by atoms with van der Waals surface area (Å²) >= 11 is 5.88. The van der Waals surface area contributed by atoms with E-state index in [1.54, 1.807) is 18.0 Å². The molecule has 37 heavy (non-hydrogen) atoms. The molecule has 0 saturated heterocycles. The maximum Gasteiger partial charge on any atom is 0.294 e. The van der Waals surface area contributed by atoms with E-state index in [4.69, 9.17) is 16.3 Å². The summed E-state index contributed by atoms with van der Waals surface area (Å²) in [5.41, 5.74) is 0. The number of rotatable bonds is 15. The van der Waals surface area contributed by atoms with Gasteiger partial charge < -0.3 is 14.5 Å². The topological polar surface area (TPSA) is 111 Å². The first kappa shape index (κ1) is 32.1. The van der Waals surface area contributed by atoms with Gasteiger partial charge in [0, 0.05) is 31.0 Å². The normalized spacial score (nSPS) is 17.2. The predicted octanol–water partition coefficient (Wildman–Crippen LogP) is 6.78. The van der Waals surface area contributed by atoms with Crippen LogP contribution in [0, 0.1) is 20.9 Å². The molecular weight excluding hydrogens is 498 g/mol. The minimum atomic E-state index is -0.821. The Hall–Kier alpha value is -2.94. The minimum absolute atomic E-state index is 0.0309. The average Bonchev–Trinajstić information content (AvgIpc) is 2.89.